The van der Waals surface area contributed by atoms with Gasteiger partial charge in [-0.2, -0.15) is 4.31 Å². The van der Waals surface area contributed by atoms with Crippen molar-refractivity contribution < 1.29 is 22.7 Å². The number of benzene rings is 1. The van der Waals surface area contributed by atoms with Gasteiger partial charge in [0, 0.05) is 13.1 Å². The Balaban J connectivity index is 2.44. The van der Waals surface area contributed by atoms with Crippen LogP contribution in [-0.2, 0) is 14.8 Å². The highest BCUT2D eigenvalue weighted by Crippen LogP contribution is 2.30. The van der Waals surface area contributed by atoms with Gasteiger partial charge in [0.1, 0.15) is 10.7 Å². The van der Waals surface area contributed by atoms with Gasteiger partial charge in [-0.15, -0.1) is 0 Å². The Labute approximate surface area is 123 Å². The molecule has 2 rings (SSSR count). The van der Waals surface area contributed by atoms with Gasteiger partial charge in [0.25, 0.3) is 0 Å². The van der Waals surface area contributed by atoms with Crippen molar-refractivity contribution >= 4 is 15.7 Å². The van der Waals surface area contributed by atoms with Crippen LogP contribution in [0, 0.1) is 5.82 Å². The van der Waals surface area contributed by atoms with E-state index in [9.17, 15) is 17.9 Å². The Kier molecular flexibility index (Phi) is 4.25. The molecule has 1 aromatic rings. The van der Waals surface area contributed by atoms with Crippen LogP contribution in [0.4, 0.5) is 10.1 Å². The summed E-state index contributed by atoms with van der Waals surface area (Å²) in [4.78, 5) is -0.528. The zero-order valence-corrected chi connectivity index (χ0v) is 12.7. The van der Waals surface area contributed by atoms with E-state index in [1.165, 1.54) is 12.1 Å². The van der Waals surface area contributed by atoms with Gasteiger partial charge >= 0.3 is 0 Å². The molecule has 0 radical (unpaired) electrons. The lowest BCUT2D eigenvalue weighted by Gasteiger charge is -2.41. The number of aliphatic hydroxyl groups excluding tert-OH is 1. The van der Waals surface area contributed by atoms with E-state index in [0.29, 0.717) is 0 Å². The molecule has 1 aliphatic heterocycles. The van der Waals surface area contributed by atoms with E-state index >= 15 is 0 Å². The summed E-state index contributed by atoms with van der Waals surface area (Å²) >= 11 is 0. The Morgan fingerprint density at radius 3 is 2.76 bits per heavy atom. The second kappa shape index (κ2) is 5.53. The van der Waals surface area contributed by atoms with Gasteiger partial charge in [0.05, 0.1) is 24.0 Å². The second-order valence-electron chi connectivity index (χ2n) is 5.64. The molecule has 1 saturated heterocycles. The zero-order chi connectivity index (χ0) is 15.8. The summed E-state index contributed by atoms with van der Waals surface area (Å²) in [6, 6.07) is 3.74. The van der Waals surface area contributed by atoms with Crippen LogP contribution in [0.3, 0.4) is 0 Å². The minimum atomic E-state index is -4.10. The molecule has 0 aromatic heterocycles. The molecule has 3 N–H and O–H groups in total. The fourth-order valence-corrected chi connectivity index (χ4v) is 4.23. The maximum absolute atomic E-state index is 13.9. The van der Waals surface area contributed by atoms with Crippen LogP contribution in [-0.4, -0.2) is 49.2 Å². The number of nitrogens with zero attached hydrogens (tertiary/aromatic N) is 1. The molecule has 0 aliphatic carbocycles. The van der Waals surface area contributed by atoms with Gasteiger partial charge in [-0.25, -0.2) is 12.8 Å². The Bertz CT molecular complexity index is 613. The normalized spacial score (nSPS) is 23.1. The van der Waals surface area contributed by atoms with Crippen molar-refractivity contribution in [3.63, 3.8) is 0 Å². The number of hydrogen-bond acceptors (Lipinski definition) is 5. The first-order valence-corrected chi connectivity index (χ1v) is 7.94. The SMILES string of the molecule is CC1(C)CN(S(=O)(=O)c2c(N)cccc2F)CC(CO)O1. The third-order valence-corrected chi connectivity index (χ3v) is 5.15. The smallest absolute Gasteiger partial charge is 0.248 e. The maximum atomic E-state index is 13.9. The van der Waals surface area contributed by atoms with Crippen LogP contribution in [0.2, 0.25) is 0 Å². The summed E-state index contributed by atoms with van der Waals surface area (Å²) in [6.07, 6.45) is -0.656. The van der Waals surface area contributed by atoms with Gasteiger partial charge in [-0.1, -0.05) is 6.07 Å². The van der Waals surface area contributed by atoms with Crippen molar-refractivity contribution in [1.29, 1.82) is 0 Å². The average Bonchev–Trinajstić information content (AvgIpc) is 2.36. The minimum Gasteiger partial charge on any atom is -0.398 e. The summed E-state index contributed by atoms with van der Waals surface area (Å²) in [6.45, 7) is 3.11. The molecule has 1 heterocycles. The van der Waals surface area contributed by atoms with E-state index in [4.69, 9.17) is 10.5 Å². The summed E-state index contributed by atoms with van der Waals surface area (Å²) in [5.41, 5.74) is 4.70. The lowest BCUT2D eigenvalue weighted by Crippen LogP contribution is -2.55. The number of hydrogen-bond donors (Lipinski definition) is 2. The maximum Gasteiger partial charge on any atom is 0.248 e. The van der Waals surface area contributed by atoms with Crippen molar-refractivity contribution in [2.24, 2.45) is 0 Å². The van der Waals surface area contributed by atoms with Crippen LogP contribution >= 0.6 is 0 Å². The lowest BCUT2D eigenvalue weighted by atomic mass is 10.1. The summed E-state index contributed by atoms with van der Waals surface area (Å²) < 4.78 is 45.9. The number of morpholine rings is 1. The number of aliphatic hydroxyl groups is 1. The first-order valence-electron chi connectivity index (χ1n) is 6.50. The van der Waals surface area contributed by atoms with Gasteiger partial charge in [0.15, 0.2) is 0 Å². The molecule has 0 spiro atoms. The number of sulfonamides is 1. The van der Waals surface area contributed by atoms with Crippen molar-refractivity contribution in [1.82, 2.24) is 4.31 Å². The molecular formula is C13H19FN2O4S. The van der Waals surface area contributed by atoms with Crippen molar-refractivity contribution in [3.8, 4) is 0 Å². The molecule has 1 aromatic carbocycles. The van der Waals surface area contributed by atoms with Crippen LogP contribution in [0.1, 0.15) is 13.8 Å². The van der Waals surface area contributed by atoms with Crippen molar-refractivity contribution in [2.45, 2.75) is 30.4 Å². The highest BCUT2D eigenvalue weighted by Gasteiger charge is 2.40. The molecule has 0 bridgehead atoms. The number of anilines is 1. The number of halogens is 1. The molecule has 1 unspecified atom stereocenters. The van der Waals surface area contributed by atoms with Crippen molar-refractivity contribution in [3.05, 3.63) is 24.0 Å². The first kappa shape index (κ1) is 16.2. The molecule has 21 heavy (non-hydrogen) atoms. The molecule has 0 amide bonds. The van der Waals surface area contributed by atoms with Crippen molar-refractivity contribution in [2.75, 3.05) is 25.4 Å². The van der Waals surface area contributed by atoms with Gasteiger partial charge in [0.2, 0.25) is 10.0 Å². The molecule has 1 fully saturated rings. The Morgan fingerprint density at radius 2 is 2.19 bits per heavy atom. The fraction of sp³-hybridized carbons (Fsp3) is 0.538. The highest BCUT2D eigenvalue weighted by atomic mass is 32.2. The van der Waals surface area contributed by atoms with Gasteiger partial charge in [-0.05, 0) is 26.0 Å². The van der Waals surface area contributed by atoms with E-state index in [1.807, 2.05) is 0 Å². The first-order chi connectivity index (χ1) is 9.67. The van der Waals surface area contributed by atoms with E-state index in [1.54, 1.807) is 13.8 Å². The molecule has 1 aliphatic rings. The lowest BCUT2D eigenvalue weighted by molar-refractivity contribution is -0.131. The van der Waals surface area contributed by atoms with Gasteiger partial charge in [-0.3, -0.25) is 0 Å². The molecule has 6 nitrogen and oxygen atoms in total. The van der Waals surface area contributed by atoms with E-state index in [0.717, 1.165) is 10.4 Å². The molecule has 118 valence electrons. The summed E-state index contributed by atoms with van der Waals surface area (Å²) in [7, 11) is -4.10. The second-order valence-corrected chi connectivity index (χ2v) is 7.51. The van der Waals surface area contributed by atoms with Gasteiger partial charge < -0.3 is 15.6 Å². The third kappa shape index (κ3) is 3.18. The molecular weight excluding hydrogens is 299 g/mol. The highest BCUT2D eigenvalue weighted by molar-refractivity contribution is 7.89. The number of rotatable bonds is 3. The average molecular weight is 318 g/mol. The summed E-state index contributed by atoms with van der Waals surface area (Å²) in [5.74, 6) is -0.889. The van der Waals surface area contributed by atoms with Crippen LogP contribution in [0.5, 0.6) is 0 Å². The Hall–Kier alpha value is -1.22. The quantitative estimate of drug-likeness (QED) is 0.795. The molecule has 0 saturated carbocycles. The van der Waals surface area contributed by atoms with Crippen LogP contribution in [0.15, 0.2) is 23.1 Å². The number of nitrogen functional groups attached to an aromatic ring is 1. The van der Waals surface area contributed by atoms with E-state index in [2.05, 4.69) is 0 Å². The zero-order valence-electron chi connectivity index (χ0n) is 11.9. The number of nitrogens with two attached hydrogens (primary N) is 1. The van der Waals surface area contributed by atoms with E-state index in [-0.39, 0.29) is 25.4 Å². The number of ether oxygens (including phenoxy) is 1. The third-order valence-electron chi connectivity index (χ3n) is 3.25. The fourth-order valence-electron chi connectivity index (χ4n) is 2.45. The predicted octanol–water partition coefficient (Wildman–Crippen LogP) is 0.568. The largest absolute Gasteiger partial charge is 0.398 e. The Morgan fingerprint density at radius 1 is 1.52 bits per heavy atom. The topological polar surface area (TPSA) is 92.9 Å². The predicted molar refractivity (Wildman–Crippen MR) is 75.6 cm³/mol. The standard InChI is InChI=1S/C13H19FN2O4S/c1-13(2)8-16(6-9(7-17)20-13)21(18,19)12-10(14)4-3-5-11(12)15/h3-5,9,17H,6-8,15H2,1-2H3. The monoisotopic (exact) mass is 318 g/mol. The minimum absolute atomic E-state index is 0.0456. The summed E-state index contributed by atoms with van der Waals surface area (Å²) in [5, 5.41) is 9.24. The van der Waals surface area contributed by atoms with Crippen LogP contribution in [0.25, 0.3) is 0 Å². The van der Waals surface area contributed by atoms with Crippen LogP contribution < -0.4 is 5.73 Å². The molecule has 8 heteroatoms. The van der Waals surface area contributed by atoms with E-state index < -0.39 is 32.4 Å². The molecule has 1 atom stereocenters.